The molecule has 3 aliphatic rings. The second-order valence-corrected chi connectivity index (χ2v) is 9.97. The summed E-state index contributed by atoms with van der Waals surface area (Å²) in [4.78, 5) is 28.2. The molecule has 0 spiro atoms. The Morgan fingerprint density at radius 3 is 2.55 bits per heavy atom. The molecule has 4 rings (SSSR count). The Kier molecular flexibility index (Phi) is 6.86. The van der Waals surface area contributed by atoms with Gasteiger partial charge in [0.2, 0.25) is 5.91 Å². The first-order valence-corrected chi connectivity index (χ1v) is 12.2. The Balaban J connectivity index is 1.39. The van der Waals surface area contributed by atoms with E-state index in [-0.39, 0.29) is 23.0 Å². The molecule has 1 amide bonds. The van der Waals surface area contributed by atoms with Crippen molar-refractivity contribution in [2.45, 2.75) is 42.9 Å². The SMILES string of the molecule is COC(OC)[C@@H]1CSCN1C(=O)[C@H]1NCSC1C(=O)CC1Cc2ccccc2C1. The molecule has 2 saturated heterocycles. The molecule has 1 N–H and O–H groups in total. The standard InChI is InChI=1S/C21H28N2O4S2/c1-26-21(27-2)16-10-28-12-23(16)20(25)18-19(29-11-22-18)17(24)9-13-7-14-5-3-4-6-15(14)8-13/h3-6,13,16,18-19,21-22H,7-12H2,1-2H3/t16-,18-,19?/m0/s1. The maximum Gasteiger partial charge on any atom is 0.242 e. The Hall–Kier alpha value is -1.06. The number of carbonyl (C=O) groups excluding carboxylic acids is 2. The lowest BCUT2D eigenvalue weighted by atomic mass is 9.95. The van der Waals surface area contributed by atoms with Crippen LogP contribution in [0.1, 0.15) is 17.5 Å². The van der Waals surface area contributed by atoms with E-state index >= 15 is 0 Å². The van der Waals surface area contributed by atoms with Crippen LogP contribution in [-0.2, 0) is 31.9 Å². The van der Waals surface area contributed by atoms with Gasteiger partial charge in [-0.25, -0.2) is 0 Å². The summed E-state index contributed by atoms with van der Waals surface area (Å²) >= 11 is 3.25. The quantitative estimate of drug-likeness (QED) is 0.655. The summed E-state index contributed by atoms with van der Waals surface area (Å²) in [6.07, 6.45) is 2.00. The van der Waals surface area contributed by atoms with E-state index in [4.69, 9.17) is 9.47 Å². The van der Waals surface area contributed by atoms with E-state index in [1.54, 1.807) is 37.7 Å². The Morgan fingerprint density at radius 2 is 1.90 bits per heavy atom. The normalized spacial score (nSPS) is 27.0. The maximum absolute atomic E-state index is 13.3. The summed E-state index contributed by atoms with van der Waals surface area (Å²) in [6.45, 7) is 0. The molecule has 1 unspecified atom stereocenters. The number of ketones is 1. The summed E-state index contributed by atoms with van der Waals surface area (Å²) in [5.74, 6) is 2.53. The Bertz CT molecular complexity index is 733. The summed E-state index contributed by atoms with van der Waals surface area (Å²) in [5.41, 5.74) is 2.72. The summed E-state index contributed by atoms with van der Waals surface area (Å²) in [6, 6.07) is 7.84. The van der Waals surface area contributed by atoms with E-state index in [1.807, 2.05) is 4.90 Å². The fourth-order valence-corrected chi connectivity index (χ4v) is 6.96. The van der Waals surface area contributed by atoms with Crippen molar-refractivity contribution in [1.29, 1.82) is 0 Å². The van der Waals surface area contributed by atoms with Crippen molar-refractivity contribution in [2.24, 2.45) is 5.92 Å². The van der Waals surface area contributed by atoms with Gasteiger partial charge < -0.3 is 14.4 Å². The van der Waals surface area contributed by atoms with Gasteiger partial charge in [-0.1, -0.05) is 24.3 Å². The van der Waals surface area contributed by atoms with E-state index in [0.29, 0.717) is 24.1 Å². The van der Waals surface area contributed by atoms with Gasteiger partial charge in [0.1, 0.15) is 11.8 Å². The van der Waals surface area contributed by atoms with E-state index < -0.39 is 12.3 Å². The number of Topliss-reactive ketones (excluding diaryl/α,β-unsaturated/α-hetero) is 1. The number of amides is 1. The summed E-state index contributed by atoms with van der Waals surface area (Å²) in [5, 5.41) is 2.94. The number of fused-ring (bicyclic) bond motifs is 1. The number of methoxy groups -OCH3 is 2. The van der Waals surface area contributed by atoms with Crippen molar-refractivity contribution in [3.05, 3.63) is 35.4 Å². The highest BCUT2D eigenvalue weighted by Crippen LogP contribution is 2.33. The zero-order chi connectivity index (χ0) is 20.4. The maximum atomic E-state index is 13.3. The number of nitrogens with zero attached hydrogens (tertiary/aromatic N) is 1. The molecule has 1 aromatic rings. The molecule has 1 aromatic carbocycles. The Morgan fingerprint density at radius 1 is 1.21 bits per heavy atom. The number of carbonyl (C=O) groups is 2. The lowest BCUT2D eigenvalue weighted by Gasteiger charge is -2.31. The van der Waals surface area contributed by atoms with Gasteiger partial charge in [0, 0.05) is 32.3 Å². The number of nitrogens with one attached hydrogen (secondary N) is 1. The molecule has 2 fully saturated rings. The van der Waals surface area contributed by atoms with Gasteiger partial charge in [-0.2, -0.15) is 0 Å². The van der Waals surface area contributed by atoms with E-state index in [1.165, 1.54) is 11.1 Å². The number of thioether (sulfide) groups is 2. The third-order valence-electron chi connectivity index (χ3n) is 6.06. The van der Waals surface area contributed by atoms with Crippen LogP contribution in [0.5, 0.6) is 0 Å². The molecule has 8 heteroatoms. The summed E-state index contributed by atoms with van der Waals surface area (Å²) < 4.78 is 10.8. The molecule has 2 heterocycles. The molecule has 0 saturated carbocycles. The van der Waals surface area contributed by atoms with Crippen molar-refractivity contribution in [3.63, 3.8) is 0 Å². The molecule has 158 valence electrons. The van der Waals surface area contributed by atoms with Gasteiger partial charge in [-0.15, -0.1) is 23.5 Å². The first-order chi connectivity index (χ1) is 14.1. The summed E-state index contributed by atoms with van der Waals surface area (Å²) in [7, 11) is 3.19. The molecule has 1 aliphatic carbocycles. The highest BCUT2D eigenvalue weighted by atomic mass is 32.2. The highest BCUT2D eigenvalue weighted by Gasteiger charge is 2.45. The van der Waals surface area contributed by atoms with Gasteiger partial charge in [-0.05, 0) is 29.9 Å². The molecule has 2 aliphatic heterocycles. The molecular formula is C21H28N2O4S2. The predicted octanol–water partition coefficient (Wildman–Crippen LogP) is 1.91. The highest BCUT2D eigenvalue weighted by molar-refractivity contribution is 8.01. The third kappa shape index (κ3) is 4.37. The minimum atomic E-state index is -0.466. The fourth-order valence-electron chi connectivity index (χ4n) is 4.62. The number of hydrogen-bond acceptors (Lipinski definition) is 7. The van der Waals surface area contributed by atoms with Crippen molar-refractivity contribution in [3.8, 4) is 0 Å². The number of hydrogen-bond donors (Lipinski definition) is 1. The molecule has 29 heavy (non-hydrogen) atoms. The van der Waals surface area contributed by atoms with Crippen LogP contribution in [0.4, 0.5) is 0 Å². The Labute approximate surface area is 180 Å². The van der Waals surface area contributed by atoms with Crippen molar-refractivity contribution >= 4 is 35.2 Å². The predicted molar refractivity (Wildman–Crippen MR) is 116 cm³/mol. The van der Waals surface area contributed by atoms with E-state index in [0.717, 1.165) is 18.6 Å². The van der Waals surface area contributed by atoms with Crippen LogP contribution in [0.3, 0.4) is 0 Å². The lowest BCUT2D eigenvalue weighted by Crippen LogP contribution is -2.54. The first kappa shape index (κ1) is 21.2. The van der Waals surface area contributed by atoms with Crippen LogP contribution >= 0.6 is 23.5 Å². The van der Waals surface area contributed by atoms with Gasteiger partial charge in [-0.3, -0.25) is 14.9 Å². The van der Waals surface area contributed by atoms with Crippen LogP contribution in [0, 0.1) is 5.92 Å². The zero-order valence-electron chi connectivity index (χ0n) is 16.8. The van der Waals surface area contributed by atoms with Crippen molar-refractivity contribution < 1.29 is 19.1 Å². The van der Waals surface area contributed by atoms with Crippen LogP contribution in [0.2, 0.25) is 0 Å². The van der Waals surface area contributed by atoms with Gasteiger partial charge >= 0.3 is 0 Å². The average molecular weight is 437 g/mol. The molecule has 3 atom stereocenters. The largest absolute Gasteiger partial charge is 0.354 e. The number of rotatable bonds is 7. The minimum absolute atomic E-state index is 0.0165. The topological polar surface area (TPSA) is 67.9 Å². The smallest absolute Gasteiger partial charge is 0.242 e. The first-order valence-electron chi connectivity index (χ1n) is 10.0. The van der Waals surface area contributed by atoms with Crippen molar-refractivity contribution in [1.82, 2.24) is 10.2 Å². The average Bonchev–Trinajstić information content (AvgIpc) is 3.47. The minimum Gasteiger partial charge on any atom is -0.354 e. The molecule has 0 aromatic heterocycles. The van der Waals surface area contributed by atoms with E-state index in [9.17, 15) is 9.59 Å². The monoisotopic (exact) mass is 436 g/mol. The van der Waals surface area contributed by atoms with Gasteiger partial charge in [0.25, 0.3) is 0 Å². The zero-order valence-corrected chi connectivity index (χ0v) is 18.5. The fraction of sp³-hybridized carbons (Fsp3) is 0.619. The van der Waals surface area contributed by atoms with Crippen LogP contribution in [0.15, 0.2) is 24.3 Å². The lowest BCUT2D eigenvalue weighted by molar-refractivity contribution is -0.157. The van der Waals surface area contributed by atoms with Gasteiger partial charge in [0.15, 0.2) is 6.29 Å². The molecule has 0 radical (unpaired) electrons. The van der Waals surface area contributed by atoms with Crippen LogP contribution in [-0.4, -0.2) is 71.9 Å². The van der Waals surface area contributed by atoms with Crippen molar-refractivity contribution in [2.75, 3.05) is 31.7 Å². The van der Waals surface area contributed by atoms with Crippen LogP contribution in [0.25, 0.3) is 0 Å². The molecule has 6 nitrogen and oxygen atoms in total. The number of benzene rings is 1. The van der Waals surface area contributed by atoms with Crippen LogP contribution < -0.4 is 5.32 Å². The third-order valence-corrected chi connectivity index (χ3v) is 8.32. The molecule has 0 bridgehead atoms. The molecular weight excluding hydrogens is 408 g/mol. The van der Waals surface area contributed by atoms with E-state index in [2.05, 4.69) is 29.6 Å². The second-order valence-electron chi connectivity index (χ2n) is 7.84. The van der Waals surface area contributed by atoms with Gasteiger partial charge in [0.05, 0.1) is 17.2 Å². The number of ether oxygens (including phenoxy) is 2. The second kappa shape index (κ2) is 9.39.